The van der Waals surface area contributed by atoms with E-state index in [4.69, 9.17) is 4.74 Å². The quantitative estimate of drug-likeness (QED) is 0.813. The molecule has 0 unspecified atom stereocenters. The summed E-state index contributed by atoms with van der Waals surface area (Å²) >= 11 is 0. The van der Waals surface area contributed by atoms with E-state index in [1.165, 1.54) is 12.1 Å². The molecule has 0 bridgehead atoms. The number of hydrogen-bond donors (Lipinski definition) is 2. The van der Waals surface area contributed by atoms with Gasteiger partial charge in [0.05, 0.1) is 6.61 Å². The summed E-state index contributed by atoms with van der Waals surface area (Å²) in [4.78, 5) is 14.5. The fourth-order valence-corrected chi connectivity index (χ4v) is 3.29. The third kappa shape index (κ3) is 6.05. The highest BCUT2D eigenvalue weighted by Gasteiger charge is 2.20. The Morgan fingerprint density at radius 1 is 1.07 bits per heavy atom. The van der Waals surface area contributed by atoms with Gasteiger partial charge in [-0.25, -0.2) is 9.18 Å². The third-order valence-corrected chi connectivity index (χ3v) is 4.77. The minimum atomic E-state index is -0.207. The summed E-state index contributed by atoms with van der Waals surface area (Å²) in [6.07, 6.45) is 1.81. The molecule has 1 saturated heterocycles. The maximum atomic E-state index is 13.0. The van der Waals surface area contributed by atoms with Gasteiger partial charge in [0.2, 0.25) is 0 Å². The molecule has 144 valence electrons. The molecule has 1 heterocycles. The van der Waals surface area contributed by atoms with E-state index in [0.29, 0.717) is 6.61 Å². The second-order valence-electron chi connectivity index (χ2n) is 6.91. The van der Waals surface area contributed by atoms with Crippen molar-refractivity contribution in [1.82, 2.24) is 10.2 Å². The standard InChI is InChI=1S/C21H26FN3O2/c1-27-15-17-4-8-19(9-5-17)23-21(26)24-20-10-12-25(13-11-20)14-16-2-6-18(22)7-3-16/h2-9,20H,10-15H2,1H3,(H2,23,24,26). The molecule has 0 aliphatic carbocycles. The van der Waals surface area contributed by atoms with Gasteiger partial charge in [0.25, 0.3) is 0 Å². The lowest BCUT2D eigenvalue weighted by Gasteiger charge is -2.32. The lowest BCUT2D eigenvalue weighted by Crippen LogP contribution is -2.45. The molecule has 5 nitrogen and oxygen atoms in total. The molecule has 0 aromatic heterocycles. The van der Waals surface area contributed by atoms with Crippen LogP contribution in [-0.2, 0) is 17.9 Å². The van der Waals surface area contributed by atoms with E-state index < -0.39 is 0 Å². The largest absolute Gasteiger partial charge is 0.380 e. The van der Waals surface area contributed by atoms with Crippen molar-refractivity contribution >= 4 is 11.7 Å². The zero-order chi connectivity index (χ0) is 19.1. The molecule has 0 saturated carbocycles. The number of carbonyl (C=O) groups excluding carboxylic acids is 1. The van der Waals surface area contributed by atoms with Crippen molar-refractivity contribution in [3.63, 3.8) is 0 Å². The maximum Gasteiger partial charge on any atom is 0.319 e. The van der Waals surface area contributed by atoms with Gasteiger partial charge in [0.15, 0.2) is 0 Å². The number of methoxy groups -OCH3 is 1. The molecule has 1 aliphatic rings. The highest BCUT2D eigenvalue weighted by Crippen LogP contribution is 2.15. The summed E-state index contributed by atoms with van der Waals surface area (Å²) < 4.78 is 18.1. The van der Waals surface area contributed by atoms with Gasteiger partial charge in [-0.3, -0.25) is 4.90 Å². The number of amides is 2. The number of ether oxygens (including phenoxy) is 1. The number of likely N-dealkylation sites (tertiary alicyclic amines) is 1. The Bertz CT molecular complexity index is 726. The van der Waals surface area contributed by atoms with Crippen LogP contribution < -0.4 is 10.6 Å². The predicted octanol–water partition coefficient (Wildman–Crippen LogP) is 3.76. The van der Waals surface area contributed by atoms with Crippen LogP contribution in [0.2, 0.25) is 0 Å². The first-order chi connectivity index (χ1) is 13.1. The summed E-state index contributed by atoms with van der Waals surface area (Å²) in [5.41, 5.74) is 2.94. The van der Waals surface area contributed by atoms with E-state index in [2.05, 4.69) is 15.5 Å². The average Bonchev–Trinajstić information content (AvgIpc) is 2.67. The van der Waals surface area contributed by atoms with E-state index in [1.54, 1.807) is 7.11 Å². The van der Waals surface area contributed by atoms with E-state index in [1.807, 2.05) is 36.4 Å². The monoisotopic (exact) mass is 371 g/mol. The Morgan fingerprint density at radius 3 is 2.33 bits per heavy atom. The van der Waals surface area contributed by atoms with Gasteiger partial charge in [-0.05, 0) is 48.2 Å². The van der Waals surface area contributed by atoms with Crippen molar-refractivity contribution in [2.24, 2.45) is 0 Å². The number of rotatable bonds is 6. The summed E-state index contributed by atoms with van der Waals surface area (Å²) in [6.45, 7) is 3.19. The number of urea groups is 1. The fourth-order valence-electron chi connectivity index (χ4n) is 3.29. The molecular weight excluding hydrogens is 345 g/mol. The van der Waals surface area contributed by atoms with E-state index in [-0.39, 0.29) is 17.9 Å². The van der Waals surface area contributed by atoms with Gasteiger partial charge in [0, 0.05) is 38.5 Å². The number of benzene rings is 2. The first-order valence-corrected chi connectivity index (χ1v) is 9.24. The average molecular weight is 371 g/mol. The molecule has 27 heavy (non-hydrogen) atoms. The first-order valence-electron chi connectivity index (χ1n) is 9.24. The molecule has 6 heteroatoms. The van der Waals surface area contributed by atoms with Gasteiger partial charge >= 0.3 is 6.03 Å². The normalized spacial score (nSPS) is 15.5. The van der Waals surface area contributed by atoms with E-state index in [9.17, 15) is 9.18 Å². The van der Waals surface area contributed by atoms with Crippen LogP contribution in [-0.4, -0.2) is 37.2 Å². The Kier molecular flexibility index (Phi) is 6.79. The van der Waals surface area contributed by atoms with E-state index >= 15 is 0 Å². The van der Waals surface area contributed by atoms with Crippen LogP contribution in [0.4, 0.5) is 14.9 Å². The minimum Gasteiger partial charge on any atom is -0.380 e. The Morgan fingerprint density at radius 2 is 1.70 bits per heavy atom. The SMILES string of the molecule is COCc1ccc(NC(=O)NC2CCN(Cc3ccc(F)cc3)CC2)cc1. The van der Waals surface area contributed by atoms with Crippen LogP contribution in [0.25, 0.3) is 0 Å². The van der Waals surface area contributed by atoms with Crippen molar-refractivity contribution in [3.8, 4) is 0 Å². The Balaban J connectivity index is 1.40. The predicted molar refractivity (Wildman–Crippen MR) is 104 cm³/mol. The van der Waals surface area contributed by atoms with E-state index in [0.717, 1.165) is 49.3 Å². The van der Waals surface area contributed by atoms with Gasteiger partial charge in [0.1, 0.15) is 5.82 Å². The number of anilines is 1. The molecule has 2 N–H and O–H groups in total. The lowest BCUT2D eigenvalue weighted by molar-refractivity contribution is 0.185. The van der Waals surface area contributed by atoms with Crippen LogP contribution in [0.1, 0.15) is 24.0 Å². The number of nitrogens with zero attached hydrogens (tertiary/aromatic N) is 1. The fraction of sp³-hybridized carbons (Fsp3) is 0.381. The molecule has 0 spiro atoms. The van der Waals surface area contributed by atoms with Crippen LogP contribution in [0.5, 0.6) is 0 Å². The highest BCUT2D eigenvalue weighted by molar-refractivity contribution is 5.89. The molecule has 2 aromatic rings. The van der Waals surface area contributed by atoms with Crippen LogP contribution in [0.3, 0.4) is 0 Å². The maximum absolute atomic E-state index is 13.0. The number of carbonyl (C=O) groups is 1. The minimum absolute atomic E-state index is 0.169. The molecular formula is C21H26FN3O2. The van der Waals surface area contributed by atoms with Crippen molar-refractivity contribution in [2.45, 2.75) is 32.0 Å². The number of halogens is 1. The van der Waals surface area contributed by atoms with Gasteiger partial charge < -0.3 is 15.4 Å². The molecule has 0 atom stereocenters. The summed E-state index contributed by atoms with van der Waals surface area (Å²) in [5.74, 6) is -0.207. The molecule has 1 aliphatic heterocycles. The van der Waals surface area contributed by atoms with Crippen LogP contribution in [0.15, 0.2) is 48.5 Å². The summed E-state index contributed by atoms with van der Waals surface area (Å²) in [6, 6.07) is 14.3. The number of piperidine rings is 1. The topological polar surface area (TPSA) is 53.6 Å². The Labute approximate surface area is 159 Å². The molecule has 2 amide bonds. The summed E-state index contributed by atoms with van der Waals surface area (Å²) in [5, 5.41) is 5.92. The molecule has 1 fully saturated rings. The zero-order valence-electron chi connectivity index (χ0n) is 15.6. The van der Waals surface area contributed by atoms with Crippen LogP contribution >= 0.6 is 0 Å². The highest BCUT2D eigenvalue weighted by atomic mass is 19.1. The Hall–Kier alpha value is -2.44. The van der Waals surface area contributed by atoms with Crippen LogP contribution in [0, 0.1) is 5.82 Å². The first kappa shape index (κ1) is 19.3. The van der Waals surface area contributed by atoms with Crippen molar-refractivity contribution in [3.05, 3.63) is 65.5 Å². The second kappa shape index (κ2) is 9.48. The van der Waals surface area contributed by atoms with Crippen molar-refractivity contribution < 1.29 is 13.9 Å². The lowest BCUT2D eigenvalue weighted by atomic mass is 10.0. The van der Waals surface area contributed by atoms with Gasteiger partial charge in [-0.2, -0.15) is 0 Å². The smallest absolute Gasteiger partial charge is 0.319 e. The number of nitrogens with one attached hydrogen (secondary N) is 2. The van der Waals surface area contributed by atoms with Crippen molar-refractivity contribution in [1.29, 1.82) is 0 Å². The summed E-state index contributed by atoms with van der Waals surface area (Å²) in [7, 11) is 1.66. The van der Waals surface area contributed by atoms with Gasteiger partial charge in [-0.1, -0.05) is 24.3 Å². The number of hydrogen-bond acceptors (Lipinski definition) is 3. The third-order valence-electron chi connectivity index (χ3n) is 4.77. The molecule has 2 aromatic carbocycles. The molecule has 3 rings (SSSR count). The van der Waals surface area contributed by atoms with Crippen molar-refractivity contribution in [2.75, 3.05) is 25.5 Å². The second-order valence-corrected chi connectivity index (χ2v) is 6.91. The molecule has 0 radical (unpaired) electrons. The van der Waals surface area contributed by atoms with Gasteiger partial charge in [-0.15, -0.1) is 0 Å². The zero-order valence-corrected chi connectivity index (χ0v) is 15.6.